The minimum absolute atomic E-state index is 0.111. The summed E-state index contributed by atoms with van der Waals surface area (Å²) in [6.07, 6.45) is 3.33. The van der Waals surface area contributed by atoms with Gasteiger partial charge in [0.25, 0.3) is 11.5 Å². The fourth-order valence-corrected chi connectivity index (χ4v) is 2.33. The van der Waals surface area contributed by atoms with Crippen LogP contribution in [0.3, 0.4) is 0 Å². The monoisotopic (exact) mass is 293 g/mol. The van der Waals surface area contributed by atoms with E-state index in [-0.39, 0.29) is 11.6 Å². The molecule has 0 saturated carbocycles. The van der Waals surface area contributed by atoms with Crippen LogP contribution in [0.4, 0.5) is 0 Å². The fourth-order valence-electron chi connectivity index (χ4n) is 2.33. The highest BCUT2D eigenvalue weighted by Crippen LogP contribution is 2.13. The van der Waals surface area contributed by atoms with Crippen LogP contribution in [0.5, 0.6) is 0 Å². The van der Waals surface area contributed by atoms with Gasteiger partial charge >= 0.3 is 0 Å². The van der Waals surface area contributed by atoms with E-state index in [1.165, 1.54) is 0 Å². The van der Waals surface area contributed by atoms with Gasteiger partial charge < -0.3 is 10.3 Å². The second-order valence-electron chi connectivity index (χ2n) is 5.08. The molecule has 5 nitrogen and oxygen atoms in total. The summed E-state index contributed by atoms with van der Waals surface area (Å²) in [5, 5.41) is 3.65. The van der Waals surface area contributed by atoms with Crippen LogP contribution in [-0.4, -0.2) is 15.9 Å². The molecule has 0 spiro atoms. The predicted molar refractivity (Wildman–Crippen MR) is 84.7 cm³/mol. The zero-order chi connectivity index (χ0) is 15.5. The number of H-pyrrole nitrogens is 1. The number of rotatable bonds is 3. The third kappa shape index (κ3) is 2.74. The number of fused-ring (bicyclic) bond motifs is 1. The molecule has 0 bridgehead atoms. The number of aromatic nitrogens is 2. The molecule has 22 heavy (non-hydrogen) atoms. The predicted octanol–water partition coefficient (Wildman–Crippen LogP) is 2.41. The Balaban J connectivity index is 1.89. The molecule has 0 fully saturated rings. The van der Waals surface area contributed by atoms with Crippen molar-refractivity contribution in [2.45, 2.75) is 13.0 Å². The van der Waals surface area contributed by atoms with Gasteiger partial charge in [-0.05, 0) is 42.1 Å². The molecule has 0 radical (unpaired) electrons. The normalized spacial score (nSPS) is 12.0. The van der Waals surface area contributed by atoms with Crippen molar-refractivity contribution in [2.24, 2.45) is 0 Å². The van der Waals surface area contributed by atoms with Crippen molar-refractivity contribution in [3.8, 4) is 0 Å². The van der Waals surface area contributed by atoms with Crippen molar-refractivity contribution < 1.29 is 4.79 Å². The molecule has 0 saturated heterocycles. The Morgan fingerprint density at radius 1 is 1.18 bits per heavy atom. The highest BCUT2D eigenvalue weighted by Gasteiger charge is 2.15. The Kier molecular flexibility index (Phi) is 3.70. The Bertz CT molecular complexity index is 872. The van der Waals surface area contributed by atoms with Crippen LogP contribution in [0.25, 0.3) is 10.9 Å². The summed E-state index contributed by atoms with van der Waals surface area (Å²) in [5.74, 6) is -0.392. The number of amides is 1. The van der Waals surface area contributed by atoms with Crippen molar-refractivity contribution in [2.75, 3.05) is 0 Å². The number of benzene rings is 1. The zero-order valence-corrected chi connectivity index (χ0v) is 12.0. The SMILES string of the molecule is CC(NC(=O)c1cc2ccccc2[nH]c1=O)c1ccncc1. The highest BCUT2D eigenvalue weighted by molar-refractivity contribution is 5.97. The molecule has 0 aliphatic carbocycles. The van der Waals surface area contributed by atoms with Gasteiger partial charge in [-0.3, -0.25) is 14.6 Å². The molecule has 1 unspecified atom stereocenters. The lowest BCUT2D eigenvalue weighted by molar-refractivity contribution is 0.0938. The number of para-hydroxylation sites is 1. The molecule has 2 aromatic heterocycles. The highest BCUT2D eigenvalue weighted by atomic mass is 16.2. The molecule has 0 aliphatic heterocycles. The molecule has 5 heteroatoms. The maximum Gasteiger partial charge on any atom is 0.261 e. The number of hydrogen-bond acceptors (Lipinski definition) is 3. The maximum absolute atomic E-state index is 12.3. The molecule has 1 aromatic carbocycles. The van der Waals surface area contributed by atoms with Crippen LogP contribution in [0.1, 0.15) is 28.9 Å². The van der Waals surface area contributed by atoms with E-state index in [0.717, 1.165) is 10.9 Å². The Labute approximate surface area is 127 Å². The maximum atomic E-state index is 12.3. The number of hydrogen-bond donors (Lipinski definition) is 2. The number of carbonyl (C=O) groups excluding carboxylic acids is 1. The van der Waals surface area contributed by atoms with Gasteiger partial charge in [0, 0.05) is 17.9 Å². The van der Waals surface area contributed by atoms with Gasteiger partial charge in [-0.1, -0.05) is 18.2 Å². The van der Waals surface area contributed by atoms with Gasteiger partial charge in [-0.15, -0.1) is 0 Å². The van der Waals surface area contributed by atoms with Crippen molar-refractivity contribution in [1.82, 2.24) is 15.3 Å². The number of pyridine rings is 2. The third-order valence-corrected chi connectivity index (χ3v) is 3.55. The molecule has 1 atom stereocenters. The van der Waals surface area contributed by atoms with E-state index in [4.69, 9.17) is 0 Å². The summed E-state index contributed by atoms with van der Waals surface area (Å²) in [5.41, 5.74) is 1.37. The number of nitrogens with one attached hydrogen (secondary N) is 2. The van der Waals surface area contributed by atoms with Crippen molar-refractivity contribution in [1.29, 1.82) is 0 Å². The first-order valence-corrected chi connectivity index (χ1v) is 6.98. The van der Waals surface area contributed by atoms with E-state index in [1.54, 1.807) is 24.5 Å². The van der Waals surface area contributed by atoms with Crippen LogP contribution >= 0.6 is 0 Å². The van der Waals surface area contributed by atoms with E-state index in [9.17, 15) is 9.59 Å². The minimum Gasteiger partial charge on any atom is -0.345 e. The van der Waals surface area contributed by atoms with Gasteiger partial charge in [-0.25, -0.2) is 0 Å². The Morgan fingerprint density at radius 3 is 2.68 bits per heavy atom. The van der Waals surface area contributed by atoms with Gasteiger partial charge in [0.15, 0.2) is 0 Å². The van der Waals surface area contributed by atoms with E-state index in [2.05, 4.69) is 15.3 Å². The summed E-state index contributed by atoms with van der Waals surface area (Å²) < 4.78 is 0. The summed E-state index contributed by atoms with van der Waals surface area (Å²) >= 11 is 0. The number of nitrogens with zero attached hydrogens (tertiary/aromatic N) is 1. The average molecular weight is 293 g/mol. The molecule has 2 N–H and O–H groups in total. The fraction of sp³-hybridized carbons (Fsp3) is 0.118. The third-order valence-electron chi connectivity index (χ3n) is 3.55. The molecular formula is C17H15N3O2. The summed E-state index contributed by atoms with van der Waals surface area (Å²) in [6.45, 7) is 1.86. The zero-order valence-electron chi connectivity index (χ0n) is 12.0. The van der Waals surface area contributed by atoms with E-state index >= 15 is 0 Å². The molecular weight excluding hydrogens is 278 g/mol. The lowest BCUT2D eigenvalue weighted by Gasteiger charge is -2.14. The lowest BCUT2D eigenvalue weighted by atomic mass is 10.1. The van der Waals surface area contributed by atoms with Crippen molar-refractivity contribution >= 4 is 16.8 Å². The van der Waals surface area contributed by atoms with Gasteiger partial charge in [0.2, 0.25) is 0 Å². The number of aromatic amines is 1. The van der Waals surface area contributed by atoms with Crippen molar-refractivity contribution in [3.63, 3.8) is 0 Å². The van der Waals surface area contributed by atoms with Gasteiger partial charge in [0.05, 0.1) is 6.04 Å². The molecule has 1 amide bonds. The Hall–Kier alpha value is -2.95. The molecule has 0 aliphatic rings. The van der Waals surface area contributed by atoms with E-state index in [1.807, 2.05) is 37.3 Å². The standard InChI is InChI=1S/C17H15N3O2/c1-11(12-6-8-18-9-7-12)19-16(21)14-10-13-4-2-3-5-15(13)20-17(14)22/h2-11H,1H3,(H,19,21)(H,20,22). The van der Waals surface area contributed by atoms with Crippen molar-refractivity contribution in [3.05, 3.63) is 76.3 Å². The van der Waals surface area contributed by atoms with E-state index < -0.39 is 11.5 Å². The van der Waals surface area contributed by atoms with Crippen LogP contribution in [0.15, 0.2) is 59.7 Å². The summed E-state index contributed by atoms with van der Waals surface area (Å²) in [7, 11) is 0. The molecule has 3 aromatic rings. The van der Waals surface area contributed by atoms with Crippen LogP contribution in [0.2, 0.25) is 0 Å². The first kappa shape index (κ1) is 14.0. The van der Waals surface area contributed by atoms with Crippen LogP contribution in [-0.2, 0) is 0 Å². The van der Waals surface area contributed by atoms with Crippen LogP contribution in [0, 0.1) is 0 Å². The molecule has 3 rings (SSSR count). The lowest BCUT2D eigenvalue weighted by Crippen LogP contribution is -2.31. The summed E-state index contributed by atoms with van der Waals surface area (Å²) in [4.78, 5) is 31.1. The quantitative estimate of drug-likeness (QED) is 0.778. The Morgan fingerprint density at radius 2 is 1.91 bits per heavy atom. The second kappa shape index (κ2) is 5.81. The minimum atomic E-state index is -0.392. The molecule has 2 heterocycles. The topological polar surface area (TPSA) is 74.8 Å². The first-order valence-electron chi connectivity index (χ1n) is 6.98. The van der Waals surface area contributed by atoms with Crippen LogP contribution < -0.4 is 10.9 Å². The average Bonchev–Trinajstić information content (AvgIpc) is 2.54. The summed E-state index contributed by atoms with van der Waals surface area (Å²) in [6, 6.07) is 12.4. The smallest absolute Gasteiger partial charge is 0.261 e. The second-order valence-corrected chi connectivity index (χ2v) is 5.08. The largest absolute Gasteiger partial charge is 0.345 e. The molecule has 110 valence electrons. The van der Waals surface area contributed by atoms with Gasteiger partial charge in [-0.2, -0.15) is 0 Å². The number of carbonyl (C=O) groups is 1. The first-order chi connectivity index (χ1) is 10.6. The van der Waals surface area contributed by atoms with E-state index in [0.29, 0.717) is 5.52 Å². The van der Waals surface area contributed by atoms with Gasteiger partial charge in [0.1, 0.15) is 5.56 Å².